The van der Waals surface area contributed by atoms with Gasteiger partial charge in [-0.25, -0.2) is 0 Å². The van der Waals surface area contributed by atoms with Gasteiger partial charge in [0.2, 0.25) is 11.4 Å². The Bertz CT molecular complexity index is 1170. The maximum atomic E-state index is 12.0. The Morgan fingerprint density at radius 3 is 1.20 bits per heavy atom. The first-order valence-electron chi connectivity index (χ1n) is 12.8. The van der Waals surface area contributed by atoms with Gasteiger partial charge in [-0.05, 0) is 49.9 Å². The predicted octanol–water partition coefficient (Wildman–Crippen LogP) is 7.02. The SMILES string of the molecule is CC(=O)OC1(N=Nc2ccc([N+](=O)[O-])cc2)CCCCC(N=Nc2ccc([N+](=O)[O-])cc2)(OC(C)=O)CCCC1. The molecule has 14 nitrogen and oxygen atoms in total. The standard InChI is InChI=1S/C26H30N6O8/c1-19(33)39-25(29-27-21-7-11-23(12-8-21)31(35)36)15-3-5-17-26(40-20(2)34,18-6-4-16-25)30-28-22-9-13-24(14-10-22)32(37)38/h7-14H,3-6,15-18H2,1-2H3. The molecule has 0 saturated heterocycles. The highest BCUT2D eigenvalue weighted by atomic mass is 16.6. The number of azo groups is 2. The van der Waals surface area contributed by atoms with E-state index in [4.69, 9.17) is 9.47 Å². The summed E-state index contributed by atoms with van der Waals surface area (Å²) in [6.07, 6.45) is 3.51. The molecule has 1 saturated carbocycles. The second-order valence-corrected chi connectivity index (χ2v) is 9.44. The molecule has 14 heteroatoms. The monoisotopic (exact) mass is 554 g/mol. The second-order valence-electron chi connectivity index (χ2n) is 9.44. The Kier molecular flexibility index (Phi) is 10.1. The summed E-state index contributed by atoms with van der Waals surface area (Å²) < 4.78 is 11.3. The molecule has 0 amide bonds. The van der Waals surface area contributed by atoms with Gasteiger partial charge < -0.3 is 9.47 Å². The first kappa shape index (κ1) is 29.9. The highest BCUT2D eigenvalue weighted by Crippen LogP contribution is 2.37. The number of benzene rings is 2. The second kappa shape index (κ2) is 13.4. The average molecular weight is 555 g/mol. The zero-order chi connectivity index (χ0) is 29.2. The molecule has 0 atom stereocenters. The summed E-state index contributed by atoms with van der Waals surface area (Å²) in [6.45, 7) is 2.60. The maximum absolute atomic E-state index is 12.0. The lowest BCUT2D eigenvalue weighted by atomic mass is 9.91. The van der Waals surface area contributed by atoms with E-state index >= 15 is 0 Å². The van der Waals surface area contributed by atoms with Crippen LogP contribution in [-0.4, -0.2) is 33.2 Å². The van der Waals surface area contributed by atoms with E-state index in [-0.39, 0.29) is 11.4 Å². The number of esters is 2. The summed E-state index contributed by atoms with van der Waals surface area (Å²) >= 11 is 0. The lowest BCUT2D eigenvalue weighted by molar-refractivity contribution is -0.385. The fourth-order valence-corrected chi connectivity index (χ4v) is 4.41. The Labute approximate surface area is 229 Å². The quantitative estimate of drug-likeness (QED) is 0.144. The molecule has 212 valence electrons. The van der Waals surface area contributed by atoms with Crippen LogP contribution in [-0.2, 0) is 19.1 Å². The number of rotatable bonds is 8. The molecule has 0 aliphatic heterocycles. The first-order chi connectivity index (χ1) is 19.0. The van der Waals surface area contributed by atoms with Crippen molar-refractivity contribution in [3.63, 3.8) is 0 Å². The molecule has 2 aromatic carbocycles. The Hall–Kier alpha value is -4.62. The van der Waals surface area contributed by atoms with Gasteiger partial charge in [-0.3, -0.25) is 29.8 Å². The number of carbonyl (C=O) groups is 2. The van der Waals surface area contributed by atoms with Crippen molar-refractivity contribution in [1.82, 2.24) is 0 Å². The molecule has 0 spiro atoms. The average Bonchev–Trinajstić information content (AvgIpc) is 2.91. The van der Waals surface area contributed by atoms with Gasteiger partial charge in [-0.15, -0.1) is 10.2 Å². The van der Waals surface area contributed by atoms with E-state index < -0.39 is 33.2 Å². The predicted molar refractivity (Wildman–Crippen MR) is 141 cm³/mol. The molecule has 0 radical (unpaired) electrons. The van der Waals surface area contributed by atoms with Crippen LogP contribution in [0.3, 0.4) is 0 Å². The third-order valence-electron chi connectivity index (χ3n) is 6.25. The van der Waals surface area contributed by atoms with Gasteiger partial charge in [0.15, 0.2) is 0 Å². The third-order valence-corrected chi connectivity index (χ3v) is 6.25. The van der Waals surface area contributed by atoms with Gasteiger partial charge in [-0.1, -0.05) is 0 Å². The van der Waals surface area contributed by atoms with E-state index in [0.717, 1.165) is 0 Å². The summed E-state index contributed by atoms with van der Waals surface area (Å²) in [4.78, 5) is 44.8. The molecule has 0 heterocycles. The molecule has 0 N–H and O–H groups in total. The van der Waals surface area contributed by atoms with Crippen molar-refractivity contribution >= 4 is 34.7 Å². The summed E-state index contributed by atoms with van der Waals surface area (Å²) in [5.41, 5.74) is -1.81. The minimum absolute atomic E-state index is 0.0747. The summed E-state index contributed by atoms with van der Waals surface area (Å²) in [5.74, 6) is -1.02. The number of nitro groups is 2. The van der Waals surface area contributed by atoms with Crippen molar-refractivity contribution in [1.29, 1.82) is 0 Å². The lowest BCUT2D eigenvalue weighted by Gasteiger charge is -2.32. The van der Waals surface area contributed by atoms with Crippen LogP contribution in [0.1, 0.15) is 65.2 Å². The van der Waals surface area contributed by atoms with Crippen molar-refractivity contribution in [2.75, 3.05) is 0 Å². The van der Waals surface area contributed by atoms with E-state index in [0.29, 0.717) is 62.7 Å². The Balaban J connectivity index is 1.78. The lowest BCUT2D eigenvalue weighted by Crippen LogP contribution is -2.35. The number of hydrogen-bond acceptors (Lipinski definition) is 12. The molecular formula is C26H30N6O8. The molecule has 0 aromatic heterocycles. The van der Waals surface area contributed by atoms with Crippen LogP contribution < -0.4 is 0 Å². The van der Waals surface area contributed by atoms with E-state index in [9.17, 15) is 29.8 Å². The molecule has 1 fully saturated rings. The molecule has 0 bridgehead atoms. The third kappa shape index (κ3) is 8.71. The maximum Gasteiger partial charge on any atom is 0.304 e. The van der Waals surface area contributed by atoms with E-state index in [1.807, 2.05) is 0 Å². The van der Waals surface area contributed by atoms with E-state index in [2.05, 4.69) is 20.5 Å². The largest absolute Gasteiger partial charge is 0.436 e. The van der Waals surface area contributed by atoms with Gasteiger partial charge in [0.05, 0.1) is 21.2 Å². The van der Waals surface area contributed by atoms with Gasteiger partial charge >= 0.3 is 11.9 Å². The number of non-ortho nitro benzene ring substituents is 2. The number of nitro benzene ring substituents is 2. The summed E-state index contributed by atoms with van der Waals surface area (Å²) in [6, 6.07) is 11.1. The molecule has 1 aliphatic rings. The van der Waals surface area contributed by atoms with Crippen LogP contribution in [0.4, 0.5) is 22.7 Å². The fraction of sp³-hybridized carbons (Fsp3) is 0.462. The molecule has 40 heavy (non-hydrogen) atoms. The smallest absolute Gasteiger partial charge is 0.304 e. The van der Waals surface area contributed by atoms with Crippen molar-refractivity contribution in [2.24, 2.45) is 20.5 Å². The summed E-state index contributed by atoms with van der Waals surface area (Å²) in [5, 5.41) is 39.0. The molecule has 1 aliphatic carbocycles. The van der Waals surface area contributed by atoms with Crippen molar-refractivity contribution in [3.8, 4) is 0 Å². The highest BCUT2D eigenvalue weighted by Gasteiger charge is 2.38. The molecule has 3 rings (SSSR count). The van der Waals surface area contributed by atoms with E-state index in [1.165, 1.54) is 62.4 Å². The minimum Gasteiger partial charge on any atom is -0.436 e. The number of nitrogens with zero attached hydrogens (tertiary/aromatic N) is 6. The summed E-state index contributed by atoms with van der Waals surface area (Å²) in [7, 11) is 0. The Morgan fingerprint density at radius 2 is 0.950 bits per heavy atom. The molecule has 0 unspecified atom stereocenters. The van der Waals surface area contributed by atoms with Crippen molar-refractivity contribution in [3.05, 3.63) is 68.8 Å². The Morgan fingerprint density at radius 1 is 0.650 bits per heavy atom. The zero-order valence-electron chi connectivity index (χ0n) is 22.2. The number of hydrogen-bond donors (Lipinski definition) is 0. The van der Waals surface area contributed by atoms with Crippen LogP contribution in [0.5, 0.6) is 0 Å². The number of ether oxygens (including phenoxy) is 2. The van der Waals surface area contributed by atoms with Crippen molar-refractivity contribution in [2.45, 2.75) is 76.7 Å². The first-order valence-corrected chi connectivity index (χ1v) is 12.8. The minimum atomic E-state index is -1.21. The van der Waals surface area contributed by atoms with Crippen LogP contribution in [0.15, 0.2) is 69.0 Å². The van der Waals surface area contributed by atoms with Gasteiger partial charge in [0.1, 0.15) is 0 Å². The van der Waals surface area contributed by atoms with Crippen molar-refractivity contribution < 1.29 is 28.9 Å². The van der Waals surface area contributed by atoms with E-state index in [1.54, 1.807) is 0 Å². The van der Waals surface area contributed by atoms with Crippen LogP contribution in [0.2, 0.25) is 0 Å². The zero-order valence-corrected chi connectivity index (χ0v) is 22.2. The van der Waals surface area contributed by atoms with Crippen LogP contribution >= 0.6 is 0 Å². The van der Waals surface area contributed by atoms with Crippen LogP contribution in [0.25, 0.3) is 0 Å². The fourth-order valence-electron chi connectivity index (χ4n) is 4.41. The molecule has 2 aromatic rings. The molecular weight excluding hydrogens is 524 g/mol. The topological polar surface area (TPSA) is 188 Å². The van der Waals surface area contributed by atoms with Gasteiger partial charge in [-0.2, -0.15) is 10.2 Å². The van der Waals surface area contributed by atoms with Gasteiger partial charge in [0.25, 0.3) is 11.4 Å². The highest BCUT2D eigenvalue weighted by molar-refractivity contribution is 5.67. The normalized spacial score (nSPS) is 22.1. The van der Waals surface area contributed by atoms with Crippen LogP contribution in [0, 0.1) is 20.2 Å². The number of carbonyl (C=O) groups excluding carboxylic acids is 2. The van der Waals surface area contributed by atoms with Gasteiger partial charge in [0, 0.05) is 63.8 Å².